The molecule has 2 rings (SSSR count). The molecule has 0 saturated heterocycles. The summed E-state index contributed by atoms with van der Waals surface area (Å²) in [5, 5.41) is 13.5. The minimum absolute atomic E-state index is 0.644. The van der Waals surface area contributed by atoms with Gasteiger partial charge in [-0.15, -0.1) is 0 Å². The van der Waals surface area contributed by atoms with Gasteiger partial charge in [-0.25, -0.2) is 0 Å². The molecule has 0 aliphatic heterocycles. The van der Waals surface area contributed by atoms with Crippen LogP contribution in [0.2, 0.25) is 5.02 Å². The molecule has 0 radical (unpaired) electrons. The molecule has 1 atom stereocenters. The van der Waals surface area contributed by atoms with Gasteiger partial charge in [-0.3, -0.25) is 0 Å². The second-order valence-corrected chi connectivity index (χ2v) is 6.07. The molecule has 4 heteroatoms. The highest BCUT2D eigenvalue weighted by Crippen LogP contribution is 2.31. The van der Waals surface area contributed by atoms with Gasteiger partial charge in [0.25, 0.3) is 0 Å². The third-order valence-electron chi connectivity index (χ3n) is 3.22. The molecule has 1 N–H and O–H groups in total. The summed E-state index contributed by atoms with van der Waals surface area (Å²) in [6.07, 6.45) is 0. The van der Waals surface area contributed by atoms with E-state index in [2.05, 4.69) is 27.3 Å². The third-order valence-corrected chi connectivity index (χ3v) is 4.44. The molecular formula is C16H14BrClN2. The van der Waals surface area contributed by atoms with Crippen LogP contribution in [0.25, 0.3) is 0 Å². The second-order valence-electron chi connectivity index (χ2n) is 4.81. The lowest BCUT2D eigenvalue weighted by Gasteiger charge is -2.27. The summed E-state index contributed by atoms with van der Waals surface area (Å²) in [5.74, 6) is 0. The van der Waals surface area contributed by atoms with Gasteiger partial charge in [0, 0.05) is 10.2 Å². The quantitative estimate of drug-likeness (QED) is 0.820. The number of aryl methyl sites for hydroxylation is 1. The zero-order chi connectivity index (χ0) is 14.8. The Morgan fingerprint density at radius 1 is 1.25 bits per heavy atom. The maximum Gasteiger partial charge on any atom is 0.148 e. The van der Waals surface area contributed by atoms with E-state index in [9.17, 15) is 5.26 Å². The van der Waals surface area contributed by atoms with Crippen molar-refractivity contribution in [3.05, 3.63) is 63.1 Å². The Balaban J connectivity index is 2.40. The summed E-state index contributed by atoms with van der Waals surface area (Å²) < 4.78 is 0.800. The Bertz CT molecular complexity index is 678. The van der Waals surface area contributed by atoms with Crippen molar-refractivity contribution >= 4 is 33.2 Å². The molecule has 20 heavy (non-hydrogen) atoms. The molecule has 102 valence electrons. The SMILES string of the molecule is Cc1ccccc1C(C)(C#N)Nc1ccc(Cl)c(Br)c1. The van der Waals surface area contributed by atoms with Crippen molar-refractivity contribution in [2.24, 2.45) is 0 Å². The smallest absolute Gasteiger partial charge is 0.148 e. The van der Waals surface area contributed by atoms with Crippen LogP contribution in [0, 0.1) is 18.3 Å². The first-order valence-corrected chi connectivity index (χ1v) is 7.34. The predicted molar refractivity (Wildman–Crippen MR) is 86.9 cm³/mol. The highest BCUT2D eigenvalue weighted by Gasteiger charge is 2.27. The van der Waals surface area contributed by atoms with Crippen LogP contribution in [0.1, 0.15) is 18.1 Å². The zero-order valence-corrected chi connectivity index (χ0v) is 13.6. The molecule has 0 saturated carbocycles. The maximum atomic E-state index is 9.60. The molecule has 0 aliphatic rings. The minimum Gasteiger partial charge on any atom is -0.364 e. The van der Waals surface area contributed by atoms with Gasteiger partial charge < -0.3 is 5.32 Å². The lowest BCUT2D eigenvalue weighted by atomic mass is 9.89. The normalized spacial score (nSPS) is 13.3. The molecule has 0 fully saturated rings. The van der Waals surface area contributed by atoms with Gasteiger partial charge in [0.05, 0.1) is 11.1 Å². The van der Waals surface area contributed by atoms with Crippen molar-refractivity contribution in [3.8, 4) is 6.07 Å². The Hall–Kier alpha value is -1.50. The van der Waals surface area contributed by atoms with Crippen LogP contribution in [0.4, 0.5) is 5.69 Å². The fraction of sp³-hybridized carbons (Fsp3) is 0.188. The number of hydrogen-bond donors (Lipinski definition) is 1. The molecule has 0 bridgehead atoms. The lowest BCUT2D eigenvalue weighted by Crippen LogP contribution is -2.30. The summed E-state index contributed by atoms with van der Waals surface area (Å²) in [6, 6.07) is 15.8. The Kier molecular flexibility index (Phi) is 4.37. The summed E-state index contributed by atoms with van der Waals surface area (Å²) in [7, 11) is 0. The monoisotopic (exact) mass is 348 g/mol. The number of rotatable bonds is 3. The lowest BCUT2D eigenvalue weighted by molar-refractivity contribution is 0.700. The number of nitriles is 1. The standard InChI is InChI=1S/C16H14BrClN2/c1-11-5-3-4-6-13(11)16(2,10-19)20-12-7-8-15(18)14(17)9-12/h3-9,20H,1-2H3. The number of halogens is 2. The Labute approximate surface area is 132 Å². The first-order chi connectivity index (χ1) is 9.46. The van der Waals surface area contributed by atoms with Crippen LogP contribution in [0.15, 0.2) is 46.9 Å². The van der Waals surface area contributed by atoms with Crippen molar-refractivity contribution in [1.29, 1.82) is 5.26 Å². The Morgan fingerprint density at radius 3 is 2.55 bits per heavy atom. The highest BCUT2D eigenvalue weighted by atomic mass is 79.9. The summed E-state index contributed by atoms with van der Waals surface area (Å²) in [5.41, 5.74) is 2.10. The van der Waals surface area contributed by atoms with E-state index in [-0.39, 0.29) is 0 Å². The topological polar surface area (TPSA) is 35.8 Å². The van der Waals surface area contributed by atoms with E-state index in [0.29, 0.717) is 5.02 Å². The number of hydrogen-bond acceptors (Lipinski definition) is 2. The van der Waals surface area contributed by atoms with E-state index in [0.717, 1.165) is 21.3 Å². The fourth-order valence-corrected chi connectivity index (χ4v) is 2.65. The average molecular weight is 350 g/mol. The van der Waals surface area contributed by atoms with Crippen molar-refractivity contribution in [1.82, 2.24) is 0 Å². The highest BCUT2D eigenvalue weighted by molar-refractivity contribution is 9.10. The molecular weight excluding hydrogens is 336 g/mol. The number of nitrogens with one attached hydrogen (secondary N) is 1. The number of anilines is 1. The molecule has 0 aromatic heterocycles. The van der Waals surface area contributed by atoms with Gasteiger partial charge in [-0.2, -0.15) is 5.26 Å². The van der Waals surface area contributed by atoms with E-state index in [1.165, 1.54) is 0 Å². The summed E-state index contributed by atoms with van der Waals surface area (Å²) >= 11 is 9.38. The average Bonchev–Trinajstić information content (AvgIpc) is 2.43. The zero-order valence-electron chi connectivity index (χ0n) is 11.2. The van der Waals surface area contributed by atoms with Gasteiger partial charge in [0.2, 0.25) is 0 Å². The molecule has 0 spiro atoms. The van der Waals surface area contributed by atoms with Crippen LogP contribution < -0.4 is 5.32 Å². The van der Waals surface area contributed by atoms with E-state index in [1.54, 1.807) is 6.07 Å². The van der Waals surface area contributed by atoms with Gasteiger partial charge in [-0.1, -0.05) is 35.9 Å². The number of nitrogens with zero attached hydrogens (tertiary/aromatic N) is 1. The van der Waals surface area contributed by atoms with Crippen LogP contribution in [0.5, 0.6) is 0 Å². The van der Waals surface area contributed by atoms with Crippen molar-refractivity contribution in [2.75, 3.05) is 5.32 Å². The van der Waals surface area contributed by atoms with E-state index < -0.39 is 5.54 Å². The molecule has 1 unspecified atom stereocenters. The third kappa shape index (κ3) is 2.98. The van der Waals surface area contributed by atoms with Gasteiger partial charge in [0.1, 0.15) is 5.54 Å². The van der Waals surface area contributed by atoms with Crippen LogP contribution in [-0.4, -0.2) is 0 Å². The van der Waals surface area contributed by atoms with E-state index >= 15 is 0 Å². The van der Waals surface area contributed by atoms with Crippen molar-refractivity contribution in [3.63, 3.8) is 0 Å². The largest absolute Gasteiger partial charge is 0.364 e. The van der Waals surface area contributed by atoms with Crippen LogP contribution >= 0.6 is 27.5 Å². The first kappa shape index (κ1) is 14.9. The number of benzene rings is 2. The van der Waals surface area contributed by atoms with Gasteiger partial charge in [-0.05, 0) is 59.1 Å². The van der Waals surface area contributed by atoms with Crippen LogP contribution in [0.3, 0.4) is 0 Å². The predicted octanol–water partition coefficient (Wildman–Crippen LogP) is 5.26. The molecule has 0 heterocycles. The second kappa shape index (κ2) is 5.87. The Morgan fingerprint density at radius 2 is 1.95 bits per heavy atom. The van der Waals surface area contributed by atoms with Crippen molar-refractivity contribution in [2.45, 2.75) is 19.4 Å². The molecule has 0 aliphatic carbocycles. The van der Waals surface area contributed by atoms with E-state index in [4.69, 9.17) is 11.6 Å². The van der Waals surface area contributed by atoms with Crippen LogP contribution in [-0.2, 0) is 5.54 Å². The van der Waals surface area contributed by atoms with E-state index in [1.807, 2.05) is 50.2 Å². The maximum absolute atomic E-state index is 9.60. The minimum atomic E-state index is -0.793. The molecule has 2 aromatic rings. The molecule has 0 amide bonds. The van der Waals surface area contributed by atoms with Gasteiger partial charge >= 0.3 is 0 Å². The first-order valence-electron chi connectivity index (χ1n) is 6.17. The fourth-order valence-electron chi connectivity index (χ4n) is 2.15. The summed E-state index contributed by atoms with van der Waals surface area (Å²) in [4.78, 5) is 0. The van der Waals surface area contributed by atoms with Gasteiger partial charge in [0.15, 0.2) is 0 Å². The van der Waals surface area contributed by atoms with Crippen molar-refractivity contribution < 1.29 is 0 Å². The molecule has 2 nitrogen and oxygen atoms in total. The molecule has 2 aromatic carbocycles. The summed E-state index contributed by atoms with van der Waals surface area (Å²) in [6.45, 7) is 3.88.